The highest BCUT2D eigenvalue weighted by Crippen LogP contribution is 2.21. The van der Waals surface area contributed by atoms with Crippen LogP contribution < -0.4 is 5.32 Å². The SMILES string of the molecule is CNc1nnc(-c2cc(F)cc(F)c2)n1C. The van der Waals surface area contributed by atoms with Gasteiger partial charge < -0.3 is 5.32 Å². The number of rotatable bonds is 2. The largest absolute Gasteiger partial charge is 0.357 e. The zero-order valence-electron chi connectivity index (χ0n) is 8.83. The Kier molecular flexibility index (Phi) is 2.55. The molecule has 84 valence electrons. The maximum absolute atomic E-state index is 13.0. The Morgan fingerprint density at radius 3 is 2.25 bits per heavy atom. The molecule has 0 aliphatic carbocycles. The number of nitrogens with one attached hydrogen (secondary N) is 1. The van der Waals surface area contributed by atoms with Crippen LogP contribution >= 0.6 is 0 Å². The van der Waals surface area contributed by atoms with Gasteiger partial charge in [0.05, 0.1) is 0 Å². The number of benzene rings is 1. The van der Waals surface area contributed by atoms with Gasteiger partial charge in [0.25, 0.3) is 0 Å². The minimum Gasteiger partial charge on any atom is -0.357 e. The van der Waals surface area contributed by atoms with E-state index < -0.39 is 11.6 Å². The summed E-state index contributed by atoms with van der Waals surface area (Å²) in [7, 11) is 3.41. The molecule has 1 N–H and O–H groups in total. The van der Waals surface area contributed by atoms with Gasteiger partial charge in [-0.25, -0.2) is 8.78 Å². The van der Waals surface area contributed by atoms with E-state index in [1.54, 1.807) is 18.7 Å². The first-order chi connectivity index (χ1) is 7.61. The van der Waals surface area contributed by atoms with Gasteiger partial charge in [0.15, 0.2) is 5.82 Å². The molecule has 4 nitrogen and oxygen atoms in total. The summed E-state index contributed by atoms with van der Waals surface area (Å²) >= 11 is 0. The Labute approximate surface area is 90.9 Å². The van der Waals surface area contributed by atoms with Crippen LogP contribution in [0.15, 0.2) is 18.2 Å². The van der Waals surface area contributed by atoms with Gasteiger partial charge in [-0.05, 0) is 12.1 Å². The second kappa shape index (κ2) is 3.88. The normalized spacial score (nSPS) is 10.5. The summed E-state index contributed by atoms with van der Waals surface area (Å²) < 4.78 is 27.7. The second-order valence-electron chi connectivity index (χ2n) is 3.31. The van der Waals surface area contributed by atoms with Crippen molar-refractivity contribution in [1.29, 1.82) is 0 Å². The maximum Gasteiger partial charge on any atom is 0.224 e. The smallest absolute Gasteiger partial charge is 0.224 e. The highest BCUT2D eigenvalue weighted by molar-refractivity contribution is 5.57. The van der Waals surface area contributed by atoms with E-state index in [0.29, 0.717) is 17.3 Å². The van der Waals surface area contributed by atoms with Crippen LogP contribution in [0.1, 0.15) is 0 Å². The molecule has 6 heteroatoms. The lowest BCUT2D eigenvalue weighted by Crippen LogP contribution is -2.00. The average molecular weight is 224 g/mol. The summed E-state index contributed by atoms with van der Waals surface area (Å²) in [6.07, 6.45) is 0. The molecule has 2 aromatic rings. The zero-order valence-corrected chi connectivity index (χ0v) is 8.83. The lowest BCUT2D eigenvalue weighted by molar-refractivity contribution is 0.583. The molecule has 16 heavy (non-hydrogen) atoms. The molecule has 1 aromatic heterocycles. The van der Waals surface area contributed by atoms with Crippen LogP contribution in [-0.4, -0.2) is 21.8 Å². The van der Waals surface area contributed by atoms with Gasteiger partial charge in [-0.3, -0.25) is 4.57 Å². The van der Waals surface area contributed by atoms with Crippen LogP contribution in [0, 0.1) is 11.6 Å². The van der Waals surface area contributed by atoms with Gasteiger partial charge in [0, 0.05) is 25.7 Å². The number of hydrogen-bond donors (Lipinski definition) is 1. The molecule has 0 saturated carbocycles. The lowest BCUT2D eigenvalue weighted by atomic mass is 10.2. The fraction of sp³-hybridized carbons (Fsp3) is 0.200. The van der Waals surface area contributed by atoms with Crippen molar-refractivity contribution in [3.05, 3.63) is 29.8 Å². The van der Waals surface area contributed by atoms with Crippen LogP contribution in [-0.2, 0) is 7.05 Å². The van der Waals surface area contributed by atoms with Crippen molar-refractivity contribution in [3.8, 4) is 11.4 Å². The van der Waals surface area contributed by atoms with E-state index in [2.05, 4.69) is 15.5 Å². The van der Waals surface area contributed by atoms with Gasteiger partial charge in [0.1, 0.15) is 11.6 Å². The molecular weight excluding hydrogens is 214 g/mol. The van der Waals surface area contributed by atoms with Gasteiger partial charge in [0.2, 0.25) is 5.95 Å². The highest BCUT2D eigenvalue weighted by atomic mass is 19.1. The summed E-state index contributed by atoms with van der Waals surface area (Å²) in [5.74, 6) is -0.338. The first-order valence-corrected chi connectivity index (χ1v) is 4.65. The van der Waals surface area contributed by atoms with Crippen LogP contribution in [0.2, 0.25) is 0 Å². The first kappa shape index (κ1) is 10.5. The molecular formula is C10H10F2N4. The van der Waals surface area contributed by atoms with Crippen LogP contribution in [0.3, 0.4) is 0 Å². The third-order valence-electron chi connectivity index (χ3n) is 2.22. The fourth-order valence-electron chi connectivity index (χ4n) is 1.48. The van der Waals surface area contributed by atoms with Crippen LogP contribution in [0.4, 0.5) is 14.7 Å². The first-order valence-electron chi connectivity index (χ1n) is 4.65. The molecule has 0 unspecified atom stereocenters. The van der Waals surface area contributed by atoms with E-state index in [1.165, 1.54) is 12.1 Å². The van der Waals surface area contributed by atoms with Gasteiger partial charge in [-0.1, -0.05) is 0 Å². The standard InChI is InChI=1S/C10H10F2N4/c1-13-10-15-14-9(16(10)2)6-3-7(11)5-8(12)4-6/h3-5H,1-2H3,(H,13,15). The number of nitrogens with zero attached hydrogens (tertiary/aromatic N) is 3. The summed E-state index contributed by atoms with van der Waals surface area (Å²) in [6.45, 7) is 0. The molecule has 0 bridgehead atoms. The topological polar surface area (TPSA) is 42.7 Å². The predicted molar refractivity (Wildman–Crippen MR) is 55.9 cm³/mol. The monoisotopic (exact) mass is 224 g/mol. The second-order valence-corrected chi connectivity index (χ2v) is 3.31. The summed E-state index contributed by atoms with van der Waals surface area (Å²) in [4.78, 5) is 0. The minimum absolute atomic E-state index is 0.356. The van der Waals surface area contributed by atoms with Crippen molar-refractivity contribution in [2.45, 2.75) is 0 Å². The van der Waals surface area contributed by atoms with Gasteiger partial charge in [-0.15, -0.1) is 10.2 Å². The van der Waals surface area contributed by atoms with E-state index in [0.717, 1.165) is 6.07 Å². The molecule has 0 radical (unpaired) electrons. The Bertz CT molecular complexity index is 501. The fourth-order valence-corrected chi connectivity index (χ4v) is 1.48. The Hall–Kier alpha value is -1.98. The van der Waals surface area contributed by atoms with Crippen molar-refractivity contribution in [2.24, 2.45) is 7.05 Å². The van der Waals surface area contributed by atoms with Crippen molar-refractivity contribution in [1.82, 2.24) is 14.8 Å². The predicted octanol–water partition coefficient (Wildman–Crippen LogP) is 1.80. The number of anilines is 1. The van der Waals surface area contributed by atoms with E-state index in [4.69, 9.17) is 0 Å². The Morgan fingerprint density at radius 1 is 1.12 bits per heavy atom. The van der Waals surface area contributed by atoms with E-state index in [1.807, 2.05) is 0 Å². The molecule has 0 aliphatic heterocycles. The van der Waals surface area contributed by atoms with Crippen molar-refractivity contribution in [2.75, 3.05) is 12.4 Å². The third-order valence-corrected chi connectivity index (χ3v) is 2.22. The lowest BCUT2D eigenvalue weighted by Gasteiger charge is -2.03. The van der Waals surface area contributed by atoms with Crippen molar-refractivity contribution >= 4 is 5.95 Å². The molecule has 0 aliphatic rings. The van der Waals surface area contributed by atoms with E-state index in [9.17, 15) is 8.78 Å². The molecule has 2 rings (SSSR count). The summed E-state index contributed by atoms with van der Waals surface area (Å²) in [5.41, 5.74) is 0.356. The van der Waals surface area contributed by atoms with Crippen molar-refractivity contribution in [3.63, 3.8) is 0 Å². The summed E-state index contributed by atoms with van der Waals surface area (Å²) in [5, 5.41) is 10.5. The molecule has 1 heterocycles. The molecule has 0 saturated heterocycles. The van der Waals surface area contributed by atoms with Gasteiger partial charge in [-0.2, -0.15) is 0 Å². The van der Waals surface area contributed by atoms with E-state index in [-0.39, 0.29) is 0 Å². The highest BCUT2D eigenvalue weighted by Gasteiger charge is 2.11. The van der Waals surface area contributed by atoms with Crippen LogP contribution in [0.5, 0.6) is 0 Å². The van der Waals surface area contributed by atoms with E-state index >= 15 is 0 Å². The molecule has 1 aromatic carbocycles. The summed E-state index contributed by atoms with van der Waals surface area (Å²) in [6, 6.07) is 3.25. The van der Waals surface area contributed by atoms with Gasteiger partial charge >= 0.3 is 0 Å². The Morgan fingerprint density at radius 2 is 1.75 bits per heavy atom. The zero-order chi connectivity index (χ0) is 11.7. The molecule has 0 atom stereocenters. The quantitative estimate of drug-likeness (QED) is 0.845. The molecule has 0 amide bonds. The Balaban J connectivity index is 2.54. The molecule has 0 fully saturated rings. The minimum atomic E-state index is -0.635. The number of aromatic nitrogens is 3. The third kappa shape index (κ3) is 1.73. The number of hydrogen-bond acceptors (Lipinski definition) is 3. The van der Waals surface area contributed by atoms with Crippen LogP contribution in [0.25, 0.3) is 11.4 Å². The number of halogens is 2. The maximum atomic E-state index is 13.0. The van der Waals surface area contributed by atoms with Crippen molar-refractivity contribution < 1.29 is 8.78 Å². The average Bonchev–Trinajstić information content (AvgIpc) is 2.58. The molecule has 0 spiro atoms.